The van der Waals surface area contributed by atoms with Crippen molar-refractivity contribution in [2.75, 3.05) is 13.6 Å². The predicted molar refractivity (Wildman–Crippen MR) is 54.7 cm³/mol. The fraction of sp³-hybridized carbons (Fsp3) is 0.333. The second kappa shape index (κ2) is 4.60. The van der Waals surface area contributed by atoms with E-state index in [0.717, 1.165) is 5.56 Å². The predicted octanol–water partition coefficient (Wildman–Crippen LogP) is 1.41. The second-order valence-corrected chi connectivity index (χ2v) is 3.64. The molecule has 3 N–H and O–H groups in total. The minimum atomic E-state index is -0.540. The van der Waals surface area contributed by atoms with Crippen molar-refractivity contribution < 1.29 is 10.2 Å². The Morgan fingerprint density at radius 2 is 2.23 bits per heavy atom. The zero-order valence-electron chi connectivity index (χ0n) is 7.29. The summed E-state index contributed by atoms with van der Waals surface area (Å²) in [4.78, 5) is 0. The molecule has 1 atom stereocenters. The molecule has 13 heavy (non-hydrogen) atoms. The molecule has 0 saturated carbocycles. The fourth-order valence-electron chi connectivity index (χ4n) is 1.04. The van der Waals surface area contributed by atoms with Crippen molar-refractivity contribution in [1.82, 2.24) is 5.32 Å². The van der Waals surface area contributed by atoms with E-state index >= 15 is 0 Å². The molecule has 0 aliphatic rings. The third kappa shape index (κ3) is 2.69. The number of halogens is 1. The van der Waals surface area contributed by atoms with Gasteiger partial charge in [-0.3, -0.25) is 0 Å². The van der Waals surface area contributed by atoms with Crippen LogP contribution in [0, 0.1) is 0 Å². The topological polar surface area (TPSA) is 52.5 Å². The highest BCUT2D eigenvalue weighted by Gasteiger charge is 2.07. The first kappa shape index (κ1) is 10.5. The lowest BCUT2D eigenvalue weighted by Gasteiger charge is -2.10. The molecule has 0 radical (unpaired) electrons. The van der Waals surface area contributed by atoms with Gasteiger partial charge in [-0.2, -0.15) is 0 Å². The number of likely N-dealkylation sites (N-methyl/N-ethyl adjacent to an activating group) is 1. The van der Waals surface area contributed by atoms with Crippen LogP contribution in [0.1, 0.15) is 11.7 Å². The lowest BCUT2D eigenvalue weighted by Crippen LogP contribution is -2.16. The largest absolute Gasteiger partial charge is 0.507 e. The quantitative estimate of drug-likeness (QED) is 0.755. The first-order valence-electron chi connectivity index (χ1n) is 3.96. The number of aliphatic hydroxyl groups is 1. The number of phenolic OH excluding ortho intramolecular Hbond substituents is 1. The van der Waals surface area contributed by atoms with Crippen LogP contribution in [0.4, 0.5) is 0 Å². The third-order valence-electron chi connectivity index (χ3n) is 1.75. The Morgan fingerprint density at radius 3 is 2.77 bits per heavy atom. The Balaban J connectivity index is 2.84. The van der Waals surface area contributed by atoms with Crippen LogP contribution in [0.2, 0.25) is 0 Å². The number of rotatable bonds is 3. The van der Waals surface area contributed by atoms with E-state index in [1.807, 2.05) is 0 Å². The van der Waals surface area contributed by atoms with Crippen molar-refractivity contribution in [3.05, 3.63) is 28.2 Å². The molecule has 1 aromatic carbocycles. The highest BCUT2D eigenvalue weighted by atomic mass is 79.9. The smallest absolute Gasteiger partial charge is 0.129 e. The molecule has 4 heteroatoms. The molecule has 0 heterocycles. The van der Waals surface area contributed by atoms with Gasteiger partial charge in [0.25, 0.3) is 0 Å². The van der Waals surface area contributed by atoms with Crippen LogP contribution in [0.3, 0.4) is 0 Å². The normalized spacial score (nSPS) is 12.8. The Hall–Kier alpha value is -0.580. The summed E-state index contributed by atoms with van der Waals surface area (Å²) in [6.45, 7) is 0.497. The first-order chi connectivity index (χ1) is 6.15. The molecular formula is C9H12BrNO2. The maximum atomic E-state index is 9.57. The lowest BCUT2D eigenvalue weighted by atomic mass is 10.1. The molecule has 0 fully saturated rings. The number of phenols is 1. The van der Waals surface area contributed by atoms with Gasteiger partial charge in [-0.05, 0) is 40.7 Å². The molecule has 0 aliphatic carbocycles. The van der Waals surface area contributed by atoms with E-state index in [2.05, 4.69) is 21.2 Å². The van der Waals surface area contributed by atoms with Gasteiger partial charge in [-0.25, -0.2) is 0 Å². The minimum absolute atomic E-state index is 0.181. The SMILES string of the molecule is CNCC(O)c1ccc(O)c(Br)c1. The Bertz CT molecular complexity index is 291. The first-order valence-corrected chi connectivity index (χ1v) is 4.75. The number of hydrogen-bond donors (Lipinski definition) is 3. The van der Waals surface area contributed by atoms with Gasteiger partial charge in [0.2, 0.25) is 0 Å². The van der Waals surface area contributed by atoms with Crippen LogP contribution in [0.5, 0.6) is 5.75 Å². The molecule has 1 unspecified atom stereocenters. The number of aliphatic hydroxyl groups excluding tert-OH is 1. The maximum Gasteiger partial charge on any atom is 0.129 e. The van der Waals surface area contributed by atoms with Crippen molar-refractivity contribution in [2.45, 2.75) is 6.10 Å². The van der Waals surface area contributed by atoms with Gasteiger partial charge in [0.1, 0.15) is 5.75 Å². The maximum absolute atomic E-state index is 9.57. The van der Waals surface area contributed by atoms with Crippen LogP contribution in [-0.4, -0.2) is 23.8 Å². The standard InChI is InChI=1S/C9H12BrNO2/c1-11-5-9(13)6-2-3-8(12)7(10)4-6/h2-4,9,11-13H,5H2,1H3. The van der Waals surface area contributed by atoms with Gasteiger partial charge in [-0.1, -0.05) is 6.07 Å². The average Bonchev–Trinajstić information content (AvgIpc) is 2.10. The van der Waals surface area contributed by atoms with Crippen molar-refractivity contribution in [3.8, 4) is 5.75 Å². The number of benzene rings is 1. The number of hydrogen-bond acceptors (Lipinski definition) is 3. The molecule has 0 aliphatic heterocycles. The molecule has 1 aromatic rings. The number of aromatic hydroxyl groups is 1. The highest BCUT2D eigenvalue weighted by molar-refractivity contribution is 9.10. The van der Waals surface area contributed by atoms with Gasteiger partial charge in [0.15, 0.2) is 0 Å². The Morgan fingerprint density at radius 1 is 1.54 bits per heavy atom. The lowest BCUT2D eigenvalue weighted by molar-refractivity contribution is 0.177. The molecule has 0 amide bonds. The van der Waals surface area contributed by atoms with Crippen LogP contribution in [0.15, 0.2) is 22.7 Å². The van der Waals surface area contributed by atoms with Crippen molar-refractivity contribution in [3.63, 3.8) is 0 Å². The van der Waals surface area contributed by atoms with Crippen LogP contribution in [0.25, 0.3) is 0 Å². The van der Waals surface area contributed by atoms with Crippen molar-refractivity contribution >= 4 is 15.9 Å². The molecule has 72 valence electrons. The summed E-state index contributed by atoms with van der Waals surface area (Å²) in [6.07, 6.45) is -0.540. The average molecular weight is 246 g/mol. The van der Waals surface area contributed by atoms with Gasteiger partial charge >= 0.3 is 0 Å². The zero-order chi connectivity index (χ0) is 9.84. The van der Waals surface area contributed by atoms with E-state index in [-0.39, 0.29) is 5.75 Å². The Kier molecular flexibility index (Phi) is 3.71. The van der Waals surface area contributed by atoms with Crippen molar-refractivity contribution in [2.24, 2.45) is 0 Å². The molecule has 0 saturated heterocycles. The summed E-state index contributed by atoms with van der Waals surface area (Å²) in [5.41, 5.74) is 0.777. The summed E-state index contributed by atoms with van der Waals surface area (Å²) >= 11 is 3.18. The van der Waals surface area contributed by atoms with Gasteiger partial charge in [0, 0.05) is 6.54 Å². The minimum Gasteiger partial charge on any atom is -0.507 e. The van der Waals surface area contributed by atoms with Crippen LogP contribution < -0.4 is 5.32 Å². The van der Waals surface area contributed by atoms with E-state index < -0.39 is 6.10 Å². The third-order valence-corrected chi connectivity index (χ3v) is 2.39. The molecule has 3 nitrogen and oxygen atoms in total. The monoisotopic (exact) mass is 245 g/mol. The molecular weight excluding hydrogens is 234 g/mol. The van der Waals surface area contributed by atoms with E-state index in [0.29, 0.717) is 11.0 Å². The molecule has 0 aromatic heterocycles. The van der Waals surface area contributed by atoms with E-state index in [4.69, 9.17) is 0 Å². The van der Waals surface area contributed by atoms with Gasteiger partial charge < -0.3 is 15.5 Å². The summed E-state index contributed by atoms with van der Waals surface area (Å²) < 4.78 is 0.597. The fourth-order valence-corrected chi connectivity index (χ4v) is 1.44. The van der Waals surface area contributed by atoms with Crippen molar-refractivity contribution in [1.29, 1.82) is 0 Å². The van der Waals surface area contributed by atoms with Gasteiger partial charge in [-0.15, -0.1) is 0 Å². The zero-order valence-corrected chi connectivity index (χ0v) is 8.87. The van der Waals surface area contributed by atoms with E-state index in [1.165, 1.54) is 0 Å². The van der Waals surface area contributed by atoms with Crippen LogP contribution in [-0.2, 0) is 0 Å². The van der Waals surface area contributed by atoms with E-state index in [1.54, 1.807) is 25.2 Å². The molecule has 0 spiro atoms. The summed E-state index contributed by atoms with van der Waals surface area (Å²) in [5, 5.41) is 21.7. The molecule has 0 bridgehead atoms. The Labute approximate surface area is 85.5 Å². The van der Waals surface area contributed by atoms with Crippen LogP contribution >= 0.6 is 15.9 Å². The molecule has 1 rings (SSSR count). The highest BCUT2D eigenvalue weighted by Crippen LogP contribution is 2.26. The second-order valence-electron chi connectivity index (χ2n) is 2.78. The van der Waals surface area contributed by atoms with E-state index in [9.17, 15) is 10.2 Å². The summed E-state index contributed by atoms with van der Waals surface area (Å²) in [7, 11) is 1.78. The van der Waals surface area contributed by atoms with Gasteiger partial charge in [0.05, 0.1) is 10.6 Å². The summed E-state index contributed by atoms with van der Waals surface area (Å²) in [6, 6.07) is 4.96. The number of nitrogens with one attached hydrogen (secondary N) is 1. The summed E-state index contributed by atoms with van der Waals surface area (Å²) in [5.74, 6) is 0.181.